The van der Waals surface area contributed by atoms with Crippen molar-refractivity contribution in [2.24, 2.45) is 0 Å². The number of hydrogen-bond acceptors (Lipinski definition) is 1. The molecule has 1 fully saturated rings. The van der Waals surface area contributed by atoms with Crippen LogP contribution in [0.3, 0.4) is 0 Å². The monoisotopic (exact) mass is 238 g/mol. The van der Waals surface area contributed by atoms with Gasteiger partial charge < -0.3 is 4.74 Å². The molecule has 1 saturated heterocycles. The quantitative estimate of drug-likeness (QED) is 0.788. The summed E-state index contributed by atoms with van der Waals surface area (Å²) in [6.07, 6.45) is 0.176. The zero-order chi connectivity index (χ0) is 12.2. The van der Waals surface area contributed by atoms with Crippen LogP contribution in [0.25, 0.3) is 0 Å². The van der Waals surface area contributed by atoms with Gasteiger partial charge in [0.25, 0.3) is 0 Å². The molecule has 0 aromatic heterocycles. The first-order chi connectivity index (χ1) is 8.93. The highest BCUT2D eigenvalue weighted by atomic mass is 16.5. The van der Waals surface area contributed by atoms with Crippen molar-refractivity contribution in [1.82, 2.24) is 5.32 Å². The molecule has 2 atom stereocenters. The van der Waals surface area contributed by atoms with Gasteiger partial charge in [-0.3, -0.25) is 0 Å². The number of ether oxygens (including phenoxy) is 1. The number of morpholine rings is 1. The van der Waals surface area contributed by atoms with Crippen molar-refractivity contribution in [1.29, 1.82) is 0 Å². The second kappa shape index (κ2) is 5.34. The van der Waals surface area contributed by atoms with E-state index in [0.717, 1.165) is 13.1 Å². The first kappa shape index (κ1) is 11.5. The Hall–Kier alpha value is -1.64. The molecule has 0 saturated carbocycles. The van der Waals surface area contributed by atoms with Gasteiger partial charge in [0, 0.05) is 13.1 Å². The summed E-state index contributed by atoms with van der Waals surface area (Å²) < 4.78 is 6.16. The van der Waals surface area contributed by atoms with Gasteiger partial charge in [0.05, 0.1) is 12.2 Å². The minimum atomic E-state index is 0.0881. The normalized spacial score (nSPS) is 23.8. The summed E-state index contributed by atoms with van der Waals surface area (Å²) in [6.45, 7) is 1.51. The van der Waals surface area contributed by atoms with Crippen LogP contribution in [0.5, 0.6) is 0 Å². The summed E-state index contributed by atoms with van der Waals surface area (Å²) in [5.41, 5.74) is 2.42. The predicted molar refractivity (Wildman–Crippen MR) is 71.3 cm³/mol. The minimum absolute atomic E-state index is 0.0881. The van der Waals surface area contributed by atoms with Crippen molar-refractivity contribution >= 4 is 0 Å². The Balaban J connectivity index is 1.77. The third kappa shape index (κ3) is 2.45. The predicted octanol–water partition coefficient (Wildman–Crippen LogP) is 3.10. The molecule has 0 spiro atoms. The third-order valence-corrected chi connectivity index (χ3v) is 3.26. The lowest BCUT2D eigenvalue weighted by atomic mass is 10.0. The molecule has 1 heterocycles. The maximum absolute atomic E-state index is 6.16. The van der Waals surface area contributed by atoms with Crippen LogP contribution in [0.1, 0.15) is 23.3 Å². The van der Waals surface area contributed by atoms with Gasteiger partial charge in [0.1, 0.15) is 0 Å². The average Bonchev–Trinajstić information content (AvgIpc) is 2.49. The molecular formula is C16H16NO. The van der Waals surface area contributed by atoms with Gasteiger partial charge in [-0.1, -0.05) is 60.7 Å². The lowest BCUT2D eigenvalue weighted by Crippen LogP contribution is -2.31. The summed E-state index contributed by atoms with van der Waals surface area (Å²) in [6, 6.07) is 20.7. The maximum Gasteiger partial charge on any atom is 0.0974 e. The average molecular weight is 238 g/mol. The number of hydrogen-bond donors (Lipinski definition) is 0. The largest absolute Gasteiger partial charge is 0.363 e. The maximum atomic E-state index is 6.16. The Morgan fingerprint density at radius 1 is 0.722 bits per heavy atom. The first-order valence-corrected chi connectivity index (χ1v) is 6.32. The summed E-state index contributed by atoms with van der Waals surface area (Å²) in [7, 11) is 0. The standard InChI is InChI=1S/C16H16NO/c1-3-7-13(8-4-1)15-11-17-12-16(18-15)14-9-5-2-6-10-14/h1-10,15-16H,11-12H2. The Labute approximate surface area is 108 Å². The molecule has 0 bridgehead atoms. The van der Waals surface area contributed by atoms with E-state index in [0.29, 0.717) is 0 Å². The number of rotatable bonds is 2. The SMILES string of the molecule is c1ccc(C2C[N]CC(c3ccccc3)O2)cc1. The van der Waals surface area contributed by atoms with Gasteiger partial charge >= 0.3 is 0 Å². The fourth-order valence-corrected chi connectivity index (χ4v) is 2.30. The van der Waals surface area contributed by atoms with Gasteiger partial charge in [-0.05, 0) is 11.1 Å². The van der Waals surface area contributed by atoms with Crippen molar-refractivity contribution in [2.75, 3.05) is 13.1 Å². The van der Waals surface area contributed by atoms with E-state index in [1.165, 1.54) is 11.1 Å². The first-order valence-electron chi connectivity index (χ1n) is 6.32. The van der Waals surface area contributed by atoms with Crippen molar-refractivity contribution in [3.8, 4) is 0 Å². The number of benzene rings is 2. The van der Waals surface area contributed by atoms with E-state index in [-0.39, 0.29) is 12.2 Å². The lowest BCUT2D eigenvalue weighted by molar-refractivity contribution is -0.0420. The van der Waals surface area contributed by atoms with Crippen molar-refractivity contribution in [3.63, 3.8) is 0 Å². The summed E-state index contributed by atoms with van der Waals surface area (Å²) in [5.74, 6) is 0. The minimum Gasteiger partial charge on any atom is -0.363 e. The summed E-state index contributed by atoms with van der Waals surface area (Å²) >= 11 is 0. The van der Waals surface area contributed by atoms with E-state index in [1.54, 1.807) is 0 Å². The molecule has 3 rings (SSSR count). The number of nitrogens with zero attached hydrogens (tertiary/aromatic N) is 1. The molecule has 1 aliphatic heterocycles. The topological polar surface area (TPSA) is 23.3 Å². The molecule has 1 aliphatic rings. The Bertz CT molecular complexity index is 437. The van der Waals surface area contributed by atoms with E-state index in [4.69, 9.17) is 4.74 Å². The summed E-state index contributed by atoms with van der Waals surface area (Å²) in [5, 5.41) is 4.57. The van der Waals surface area contributed by atoms with Crippen LogP contribution in [-0.2, 0) is 4.74 Å². The highest BCUT2D eigenvalue weighted by Crippen LogP contribution is 2.29. The zero-order valence-corrected chi connectivity index (χ0v) is 10.2. The lowest BCUT2D eigenvalue weighted by Gasteiger charge is -2.30. The molecule has 1 radical (unpaired) electrons. The molecule has 2 aromatic rings. The van der Waals surface area contributed by atoms with Gasteiger partial charge in [-0.25, -0.2) is 5.32 Å². The van der Waals surface area contributed by atoms with E-state index >= 15 is 0 Å². The Morgan fingerprint density at radius 2 is 1.17 bits per heavy atom. The van der Waals surface area contributed by atoms with Crippen molar-refractivity contribution in [3.05, 3.63) is 71.8 Å². The smallest absolute Gasteiger partial charge is 0.0974 e. The molecule has 18 heavy (non-hydrogen) atoms. The zero-order valence-electron chi connectivity index (χ0n) is 10.2. The van der Waals surface area contributed by atoms with Crippen LogP contribution >= 0.6 is 0 Å². The second-order valence-electron chi connectivity index (χ2n) is 4.52. The molecule has 0 N–H and O–H groups in total. The van der Waals surface area contributed by atoms with Crippen LogP contribution < -0.4 is 5.32 Å². The van der Waals surface area contributed by atoms with E-state index in [2.05, 4.69) is 29.6 Å². The highest BCUT2D eigenvalue weighted by molar-refractivity contribution is 5.21. The van der Waals surface area contributed by atoms with Crippen LogP contribution in [0.15, 0.2) is 60.7 Å². The molecule has 2 heteroatoms. The van der Waals surface area contributed by atoms with Crippen molar-refractivity contribution in [2.45, 2.75) is 12.2 Å². The molecule has 2 unspecified atom stereocenters. The second-order valence-corrected chi connectivity index (χ2v) is 4.52. The Kier molecular flexibility index (Phi) is 3.40. The fourth-order valence-electron chi connectivity index (χ4n) is 2.30. The molecule has 2 nitrogen and oxygen atoms in total. The van der Waals surface area contributed by atoms with Gasteiger partial charge in [-0.15, -0.1) is 0 Å². The van der Waals surface area contributed by atoms with E-state index in [9.17, 15) is 0 Å². The van der Waals surface area contributed by atoms with Gasteiger partial charge in [0.15, 0.2) is 0 Å². The highest BCUT2D eigenvalue weighted by Gasteiger charge is 2.24. The molecular weight excluding hydrogens is 222 g/mol. The summed E-state index contributed by atoms with van der Waals surface area (Å²) in [4.78, 5) is 0. The van der Waals surface area contributed by atoms with Crippen LogP contribution in [0.4, 0.5) is 0 Å². The Morgan fingerprint density at radius 3 is 1.61 bits per heavy atom. The van der Waals surface area contributed by atoms with Crippen LogP contribution in [-0.4, -0.2) is 13.1 Å². The third-order valence-electron chi connectivity index (χ3n) is 3.26. The molecule has 2 aromatic carbocycles. The van der Waals surface area contributed by atoms with Gasteiger partial charge in [0.2, 0.25) is 0 Å². The molecule has 0 amide bonds. The van der Waals surface area contributed by atoms with Crippen LogP contribution in [0, 0.1) is 0 Å². The molecule has 91 valence electrons. The fraction of sp³-hybridized carbons (Fsp3) is 0.250. The molecule has 0 aliphatic carbocycles. The van der Waals surface area contributed by atoms with Gasteiger partial charge in [-0.2, -0.15) is 0 Å². The van der Waals surface area contributed by atoms with Crippen molar-refractivity contribution < 1.29 is 4.74 Å². The van der Waals surface area contributed by atoms with Crippen LogP contribution in [0.2, 0.25) is 0 Å². The van der Waals surface area contributed by atoms with E-state index in [1.807, 2.05) is 36.4 Å². The van der Waals surface area contributed by atoms with E-state index < -0.39 is 0 Å².